The summed E-state index contributed by atoms with van der Waals surface area (Å²) >= 11 is 3.44. The first-order valence-corrected chi connectivity index (χ1v) is 6.66. The first-order chi connectivity index (χ1) is 8.69. The van der Waals surface area contributed by atoms with Gasteiger partial charge >= 0.3 is 0 Å². The van der Waals surface area contributed by atoms with E-state index >= 15 is 0 Å². The van der Waals surface area contributed by atoms with Gasteiger partial charge in [-0.15, -0.1) is 0 Å². The van der Waals surface area contributed by atoms with Crippen molar-refractivity contribution >= 4 is 15.9 Å². The van der Waals surface area contributed by atoms with Gasteiger partial charge in [-0.2, -0.15) is 0 Å². The van der Waals surface area contributed by atoms with Crippen molar-refractivity contribution in [1.82, 2.24) is 5.32 Å². The van der Waals surface area contributed by atoms with Gasteiger partial charge in [0, 0.05) is 11.0 Å². The second-order valence-corrected chi connectivity index (χ2v) is 5.11. The van der Waals surface area contributed by atoms with E-state index in [1.807, 2.05) is 31.3 Å². The summed E-state index contributed by atoms with van der Waals surface area (Å²) in [6.45, 7) is 2.89. The van der Waals surface area contributed by atoms with Gasteiger partial charge in [0.25, 0.3) is 0 Å². The molecule has 3 heteroatoms. The van der Waals surface area contributed by atoms with Crippen molar-refractivity contribution in [1.29, 1.82) is 0 Å². The monoisotopic (exact) mass is 305 g/mol. The van der Waals surface area contributed by atoms with Crippen molar-refractivity contribution in [2.75, 3.05) is 7.05 Å². The van der Waals surface area contributed by atoms with Crippen molar-refractivity contribution in [2.45, 2.75) is 13.5 Å². The lowest BCUT2D eigenvalue weighted by Crippen LogP contribution is -2.05. The van der Waals surface area contributed by atoms with Crippen LogP contribution in [0.15, 0.2) is 46.9 Å². The molecule has 18 heavy (non-hydrogen) atoms. The molecule has 0 atom stereocenters. The highest BCUT2D eigenvalue weighted by Gasteiger charge is 2.03. The van der Waals surface area contributed by atoms with E-state index < -0.39 is 0 Å². The molecule has 0 radical (unpaired) electrons. The molecule has 0 unspecified atom stereocenters. The normalized spacial score (nSPS) is 10.4. The number of halogens is 1. The third kappa shape index (κ3) is 3.34. The molecule has 2 rings (SSSR count). The van der Waals surface area contributed by atoms with Crippen LogP contribution in [0, 0.1) is 6.92 Å². The Bertz CT molecular complexity index is 540. The highest BCUT2D eigenvalue weighted by molar-refractivity contribution is 9.10. The molecule has 2 aromatic rings. The van der Waals surface area contributed by atoms with E-state index in [1.165, 1.54) is 5.56 Å². The SMILES string of the molecule is CNCc1ccc(C)c(Oc2cccc(Br)c2)c1. The van der Waals surface area contributed by atoms with Crippen LogP contribution in [0.1, 0.15) is 11.1 Å². The number of rotatable bonds is 4. The van der Waals surface area contributed by atoms with E-state index in [0.29, 0.717) is 0 Å². The minimum Gasteiger partial charge on any atom is -0.457 e. The molecule has 0 saturated carbocycles. The quantitative estimate of drug-likeness (QED) is 0.911. The number of benzene rings is 2. The molecular weight excluding hydrogens is 290 g/mol. The summed E-state index contributed by atoms with van der Waals surface area (Å²) in [5.74, 6) is 1.75. The van der Waals surface area contributed by atoms with Crippen molar-refractivity contribution in [3.8, 4) is 11.5 Å². The van der Waals surface area contributed by atoms with Gasteiger partial charge in [0.1, 0.15) is 11.5 Å². The average Bonchev–Trinajstić information content (AvgIpc) is 2.34. The molecule has 2 aromatic carbocycles. The zero-order valence-corrected chi connectivity index (χ0v) is 12.1. The summed E-state index contributed by atoms with van der Waals surface area (Å²) in [4.78, 5) is 0. The Kier molecular flexibility index (Phi) is 4.39. The minimum absolute atomic E-state index is 0.842. The predicted molar refractivity (Wildman–Crippen MR) is 78.2 cm³/mol. The molecule has 2 nitrogen and oxygen atoms in total. The average molecular weight is 306 g/mol. The fourth-order valence-corrected chi connectivity index (χ4v) is 2.10. The number of ether oxygens (including phenoxy) is 1. The van der Waals surface area contributed by atoms with Gasteiger partial charge in [0.05, 0.1) is 0 Å². The maximum Gasteiger partial charge on any atom is 0.130 e. The Labute approximate surface area is 116 Å². The predicted octanol–water partition coefficient (Wildman–Crippen LogP) is 4.27. The summed E-state index contributed by atoms with van der Waals surface area (Å²) in [5, 5.41) is 3.14. The fraction of sp³-hybridized carbons (Fsp3) is 0.200. The van der Waals surface area contributed by atoms with Crippen LogP contribution in [0.2, 0.25) is 0 Å². The minimum atomic E-state index is 0.842. The maximum atomic E-state index is 5.92. The van der Waals surface area contributed by atoms with Gasteiger partial charge in [-0.3, -0.25) is 0 Å². The molecule has 0 amide bonds. The lowest BCUT2D eigenvalue weighted by molar-refractivity contribution is 0.477. The summed E-state index contributed by atoms with van der Waals surface area (Å²) in [6, 6.07) is 14.1. The summed E-state index contributed by atoms with van der Waals surface area (Å²) in [6.07, 6.45) is 0. The number of aryl methyl sites for hydroxylation is 1. The van der Waals surface area contributed by atoms with Crippen LogP contribution >= 0.6 is 15.9 Å². The number of hydrogen-bond acceptors (Lipinski definition) is 2. The Balaban J connectivity index is 2.25. The van der Waals surface area contributed by atoms with Crippen LogP contribution < -0.4 is 10.1 Å². The van der Waals surface area contributed by atoms with Crippen LogP contribution in [0.3, 0.4) is 0 Å². The zero-order valence-electron chi connectivity index (χ0n) is 10.5. The second-order valence-electron chi connectivity index (χ2n) is 4.19. The summed E-state index contributed by atoms with van der Waals surface area (Å²) in [7, 11) is 1.94. The summed E-state index contributed by atoms with van der Waals surface area (Å²) in [5.41, 5.74) is 2.35. The van der Waals surface area contributed by atoms with Gasteiger partial charge < -0.3 is 10.1 Å². The Hall–Kier alpha value is -1.32. The standard InChI is InChI=1S/C15H16BrNO/c1-11-6-7-12(10-17-2)8-15(11)18-14-5-3-4-13(16)9-14/h3-9,17H,10H2,1-2H3. The number of nitrogens with one attached hydrogen (secondary N) is 1. The second kappa shape index (κ2) is 6.03. The smallest absolute Gasteiger partial charge is 0.130 e. The highest BCUT2D eigenvalue weighted by Crippen LogP contribution is 2.27. The first kappa shape index (κ1) is 13.1. The van der Waals surface area contributed by atoms with Gasteiger partial charge in [-0.05, 0) is 49.4 Å². The molecule has 0 aliphatic heterocycles. The topological polar surface area (TPSA) is 21.3 Å². The van der Waals surface area contributed by atoms with E-state index in [9.17, 15) is 0 Å². The van der Waals surface area contributed by atoms with E-state index in [2.05, 4.69) is 46.4 Å². The van der Waals surface area contributed by atoms with E-state index in [4.69, 9.17) is 4.74 Å². The fourth-order valence-electron chi connectivity index (χ4n) is 1.73. The molecular formula is C15H16BrNO. The highest BCUT2D eigenvalue weighted by atomic mass is 79.9. The molecule has 0 aromatic heterocycles. The molecule has 0 saturated heterocycles. The van der Waals surface area contributed by atoms with Crippen LogP contribution in [0.25, 0.3) is 0 Å². The molecule has 94 valence electrons. The zero-order chi connectivity index (χ0) is 13.0. The molecule has 0 fully saturated rings. The molecule has 0 aliphatic carbocycles. The molecule has 1 N–H and O–H groups in total. The van der Waals surface area contributed by atoms with Crippen LogP contribution in [-0.2, 0) is 6.54 Å². The van der Waals surface area contributed by atoms with Crippen molar-refractivity contribution < 1.29 is 4.74 Å². The molecule has 0 spiro atoms. The van der Waals surface area contributed by atoms with Crippen molar-refractivity contribution in [2.24, 2.45) is 0 Å². The van der Waals surface area contributed by atoms with Crippen LogP contribution in [-0.4, -0.2) is 7.05 Å². The molecule has 0 bridgehead atoms. The van der Waals surface area contributed by atoms with Crippen LogP contribution in [0.5, 0.6) is 11.5 Å². The number of hydrogen-bond donors (Lipinski definition) is 1. The third-order valence-electron chi connectivity index (χ3n) is 2.66. The van der Waals surface area contributed by atoms with E-state index in [0.717, 1.165) is 28.1 Å². The Morgan fingerprint density at radius 2 is 2.00 bits per heavy atom. The Morgan fingerprint density at radius 1 is 1.17 bits per heavy atom. The Morgan fingerprint density at radius 3 is 2.72 bits per heavy atom. The van der Waals surface area contributed by atoms with Gasteiger partial charge in [0.15, 0.2) is 0 Å². The largest absolute Gasteiger partial charge is 0.457 e. The summed E-state index contributed by atoms with van der Waals surface area (Å²) < 4.78 is 6.94. The lowest BCUT2D eigenvalue weighted by Gasteiger charge is -2.11. The van der Waals surface area contributed by atoms with Gasteiger partial charge in [0.2, 0.25) is 0 Å². The van der Waals surface area contributed by atoms with Crippen molar-refractivity contribution in [3.63, 3.8) is 0 Å². The third-order valence-corrected chi connectivity index (χ3v) is 3.15. The lowest BCUT2D eigenvalue weighted by atomic mass is 10.1. The van der Waals surface area contributed by atoms with Gasteiger partial charge in [-0.1, -0.05) is 34.1 Å². The van der Waals surface area contributed by atoms with E-state index in [-0.39, 0.29) is 0 Å². The first-order valence-electron chi connectivity index (χ1n) is 5.86. The van der Waals surface area contributed by atoms with Crippen molar-refractivity contribution in [3.05, 3.63) is 58.1 Å². The van der Waals surface area contributed by atoms with Gasteiger partial charge in [-0.25, -0.2) is 0 Å². The van der Waals surface area contributed by atoms with E-state index in [1.54, 1.807) is 0 Å². The molecule has 0 aliphatic rings. The van der Waals surface area contributed by atoms with Crippen LogP contribution in [0.4, 0.5) is 0 Å². The molecule has 0 heterocycles. The maximum absolute atomic E-state index is 5.92.